The van der Waals surface area contributed by atoms with Crippen LogP contribution in [0.15, 0.2) is 38.3 Å². The van der Waals surface area contributed by atoms with Crippen molar-refractivity contribution in [1.82, 2.24) is 9.55 Å². The van der Waals surface area contributed by atoms with E-state index in [1.54, 1.807) is 24.9 Å². The maximum atomic E-state index is 12.1. The van der Waals surface area contributed by atoms with Crippen molar-refractivity contribution < 1.29 is 4.74 Å². The highest BCUT2D eigenvalue weighted by Crippen LogP contribution is 2.23. The second-order valence-electron chi connectivity index (χ2n) is 4.03. The number of halogens is 2. The van der Waals surface area contributed by atoms with Gasteiger partial charge in [0.25, 0.3) is 5.56 Å². The number of benzene rings is 1. The van der Waals surface area contributed by atoms with Gasteiger partial charge < -0.3 is 4.74 Å². The highest BCUT2D eigenvalue weighted by atomic mass is 79.9. The molecular weight excluding hydrogens is 376 g/mol. The molecule has 0 unspecified atom stereocenters. The van der Waals surface area contributed by atoms with E-state index in [4.69, 9.17) is 4.74 Å². The van der Waals surface area contributed by atoms with Crippen molar-refractivity contribution in [3.05, 3.63) is 55.1 Å². The summed E-state index contributed by atoms with van der Waals surface area (Å²) in [6, 6.07) is 5.65. The monoisotopic (exact) mass is 386 g/mol. The molecule has 19 heavy (non-hydrogen) atoms. The first-order chi connectivity index (χ1) is 9.02. The van der Waals surface area contributed by atoms with E-state index in [1.807, 2.05) is 18.2 Å². The third-order valence-corrected chi connectivity index (χ3v) is 4.44. The number of methoxy groups -OCH3 is 1. The Morgan fingerprint density at radius 3 is 2.79 bits per heavy atom. The van der Waals surface area contributed by atoms with Crippen LogP contribution < -0.4 is 10.3 Å². The first-order valence-electron chi connectivity index (χ1n) is 5.57. The van der Waals surface area contributed by atoms with Gasteiger partial charge >= 0.3 is 0 Å². The van der Waals surface area contributed by atoms with Gasteiger partial charge in [-0.1, -0.05) is 15.9 Å². The first kappa shape index (κ1) is 14.3. The molecule has 0 atom stereocenters. The molecule has 1 aromatic carbocycles. The first-order valence-corrected chi connectivity index (χ1v) is 7.15. The Kier molecular flexibility index (Phi) is 4.42. The molecular formula is C13H12Br2N2O2. The molecule has 0 spiro atoms. The molecule has 0 fully saturated rings. The lowest BCUT2D eigenvalue weighted by atomic mass is 10.2. The molecule has 0 aliphatic carbocycles. The lowest BCUT2D eigenvalue weighted by Gasteiger charge is -2.10. The Hall–Kier alpha value is -1.14. The molecule has 0 saturated heterocycles. The van der Waals surface area contributed by atoms with Gasteiger partial charge in [-0.2, -0.15) is 0 Å². The summed E-state index contributed by atoms with van der Waals surface area (Å²) in [6.07, 6.45) is 1.55. The summed E-state index contributed by atoms with van der Waals surface area (Å²) in [5.74, 6) is 0.755. The van der Waals surface area contributed by atoms with Crippen LogP contribution in [0.4, 0.5) is 0 Å². The van der Waals surface area contributed by atoms with Gasteiger partial charge in [-0.15, -0.1) is 0 Å². The van der Waals surface area contributed by atoms with E-state index in [0.29, 0.717) is 16.7 Å². The minimum absolute atomic E-state index is 0.0952. The number of ether oxygens (including phenoxy) is 1. The van der Waals surface area contributed by atoms with Gasteiger partial charge in [0, 0.05) is 4.47 Å². The average molecular weight is 388 g/mol. The molecule has 4 nitrogen and oxygen atoms in total. The maximum Gasteiger partial charge on any atom is 0.268 e. The van der Waals surface area contributed by atoms with Crippen molar-refractivity contribution in [2.75, 3.05) is 7.11 Å². The SMILES string of the molecule is COc1ccc(Br)c(Cn2cnc(C)c(Br)c2=O)c1. The number of aromatic nitrogens is 2. The summed E-state index contributed by atoms with van der Waals surface area (Å²) in [7, 11) is 1.61. The molecule has 0 bridgehead atoms. The summed E-state index contributed by atoms with van der Waals surface area (Å²) < 4.78 is 8.16. The van der Waals surface area contributed by atoms with E-state index in [-0.39, 0.29) is 5.56 Å². The predicted molar refractivity (Wildman–Crippen MR) is 80.7 cm³/mol. The molecule has 0 N–H and O–H groups in total. The molecule has 100 valence electrons. The van der Waals surface area contributed by atoms with Crippen LogP contribution in [0.25, 0.3) is 0 Å². The van der Waals surface area contributed by atoms with E-state index >= 15 is 0 Å². The van der Waals surface area contributed by atoms with Gasteiger partial charge in [0.05, 0.1) is 25.7 Å². The summed E-state index contributed by atoms with van der Waals surface area (Å²) in [4.78, 5) is 16.3. The smallest absolute Gasteiger partial charge is 0.268 e. The molecule has 0 amide bonds. The highest BCUT2D eigenvalue weighted by molar-refractivity contribution is 9.10. The molecule has 0 aliphatic heterocycles. The third kappa shape index (κ3) is 3.06. The van der Waals surface area contributed by atoms with Crippen molar-refractivity contribution in [1.29, 1.82) is 0 Å². The number of rotatable bonds is 3. The molecule has 2 aromatic rings. The standard InChI is InChI=1S/C13H12Br2N2O2/c1-8-12(15)13(18)17(7-16-8)6-9-5-10(19-2)3-4-11(9)14/h3-5,7H,6H2,1-2H3. The molecule has 0 radical (unpaired) electrons. The highest BCUT2D eigenvalue weighted by Gasteiger charge is 2.08. The fourth-order valence-corrected chi connectivity index (χ4v) is 2.34. The van der Waals surface area contributed by atoms with Crippen LogP contribution in [0.2, 0.25) is 0 Å². The molecule has 1 heterocycles. The Labute approximate surface area is 127 Å². The summed E-state index contributed by atoms with van der Waals surface area (Å²) >= 11 is 6.73. The Balaban J connectivity index is 2.42. The number of aryl methyl sites for hydroxylation is 1. The van der Waals surface area contributed by atoms with Gasteiger partial charge in [-0.25, -0.2) is 4.98 Å². The number of hydrogen-bond acceptors (Lipinski definition) is 3. The van der Waals surface area contributed by atoms with E-state index < -0.39 is 0 Å². The van der Waals surface area contributed by atoms with E-state index in [1.165, 1.54) is 0 Å². The lowest BCUT2D eigenvalue weighted by Crippen LogP contribution is -2.22. The van der Waals surface area contributed by atoms with Crippen LogP contribution >= 0.6 is 31.9 Å². The van der Waals surface area contributed by atoms with Gasteiger partial charge in [-0.05, 0) is 46.6 Å². The van der Waals surface area contributed by atoms with Crippen molar-refractivity contribution in [2.45, 2.75) is 13.5 Å². The quantitative estimate of drug-likeness (QED) is 0.812. The maximum absolute atomic E-state index is 12.1. The fraction of sp³-hybridized carbons (Fsp3) is 0.231. The summed E-state index contributed by atoms with van der Waals surface area (Å²) in [5, 5.41) is 0. The van der Waals surface area contributed by atoms with E-state index in [0.717, 1.165) is 15.8 Å². The zero-order chi connectivity index (χ0) is 14.0. The van der Waals surface area contributed by atoms with Crippen molar-refractivity contribution in [2.24, 2.45) is 0 Å². The number of hydrogen-bond donors (Lipinski definition) is 0. The minimum atomic E-state index is -0.0952. The van der Waals surface area contributed by atoms with Gasteiger partial charge in [0.2, 0.25) is 0 Å². The lowest BCUT2D eigenvalue weighted by molar-refractivity contribution is 0.414. The Morgan fingerprint density at radius 2 is 2.11 bits per heavy atom. The Bertz CT molecular complexity index is 668. The van der Waals surface area contributed by atoms with Gasteiger partial charge in [0.1, 0.15) is 10.2 Å². The van der Waals surface area contributed by atoms with Crippen LogP contribution in [0.1, 0.15) is 11.3 Å². The average Bonchev–Trinajstić information content (AvgIpc) is 2.41. The van der Waals surface area contributed by atoms with Crippen molar-refractivity contribution >= 4 is 31.9 Å². The summed E-state index contributed by atoms with van der Waals surface area (Å²) in [5.41, 5.74) is 1.55. The molecule has 1 aromatic heterocycles. The second kappa shape index (κ2) is 5.88. The third-order valence-electron chi connectivity index (χ3n) is 2.75. The zero-order valence-electron chi connectivity index (χ0n) is 10.5. The van der Waals surface area contributed by atoms with Gasteiger partial charge in [-0.3, -0.25) is 9.36 Å². The Morgan fingerprint density at radius 1 is 1.37 bits per heavy atom. The predicted octanol–water partition coefficient (Wildman–Crippen LogP) is 3.13. The van der Waals surface area contributed by atoms with E-state index in [2.05, 4.69) is 36.8 Å². The second-order valence-corrected chi connectivity index (χ2v) is 5.68. The topological polar surface area (TPSA) is 44.1 Å². The molecule has 0 aliphatic rings. The largest absolute Gasteiger partial charge is 0.497 e. The van der Waals surface area contributed by atoms with Crippen LogP contribution in [-0.4, -0.2) is 16.7 Å². The molecule has 0 saturated carbocycles. The van der Waals surface area contributed by atoms with Crippen LogP contribution in [0.5, 0.6) is 5.75 Å². The van der Waals surface area contributed by atoms with Crippen LogP contribution in [-0.2, 0) is 6.54 Å². The normalized spacial score (nSPS) is 10.5. The molecule has 2 rings (SSSR count). The van der Waals surface area contributed by atoms with Crippen molar-refractivity contribution in [3.8, 4) is 5.75 Å². The van der Waals surface area contributed by atoms with E-state index in [9.17, 15) is 4.79 Å². The van der Waals surface area contributed by atoms with Crippen LogP contribution in [0.3, 0.4) is 0 Å². The molecule has 6 heteroatoms. The fourth-order valence-electron chi connectivity index (χ4n) is 1.64. The summed E-state index contributed by atoms with van der Waals surface area (Å²) in [6.45, 7) is 2.22. The number of nitrogens with zero attached hydrogens (tertiary/aromatic N) is 2. The zero-order valence-corrected chi connectivity index (χ0v) is 13.7. The van der Waals surface area contributed by atoms with Crippen LogP contribution in [0, 0.1) is 6.92 Å². The minimum Gasteiger partial charge on any atom is -0.497 e. The van der Waals surface area contributed by atoms with Gasteiger partial charge in [0.15, 0.2) is 0 Å². The van der Waals surface area contributed by atoms with Crippen molar-refractivity contribution in [3.63, 3.8) is 0 Å².